The first kappa shape index (κ1) is 15.0. The second kappa shape index (κ2) is 5.69. The summed E-state index contributed by atoms with van der Waals surface area (Å²) in [6, 6.07) is 18.5. The molecular formula is C18H19BrN3+. The van der Waals surface area contributed by atoms with Crippen molar-refractivity contribution in [2.45, 2.75) is 26.3 Å². The summed E-state index contributed by atoms with van der Waals surface area (Å²) in [5.41, 5.74) is 2.13. The Morgan fingerprint density at radius 2 is 1.59 bits per heavy atom. The van der Waals surface area contributed by atoms with Crippen molar-refractivity contribution in [2.75, 3.05) is 0 Å². The Balaban J connectivity index is 2.19. The van der Waals surface area contributed by atoms with Crippen LogP contribution < -0.4 is 4.57 Å². The minimum absolute atomic E-state index is 0.0653. The molecular weight excluding hydrogens is 338 g/mol. The van der Waals surface area contributed by atoms with Gasteiger partial charge in [0.25, 0.3) is 0 Å². The van der Waals surface area contributed by atoms with E-state index in [0.717, 1.165) is 21.5 Å². The third kappa shape index (κ3) is 2.97. The quantitative estimate of drug-likeness (QED) is 0.625. The molecule has 0 saturated heterocycles. The van der Waals surface area contributed by atoms with Gasteiger partial charge in [0, 0.05) is 9.57 Å². The van der Waals surface area contributed by atoms with Gasteiger partial charge in [-0.2, -0.15) is 4.57 Å². The maximum atomic E-state index is 4.82. The molecule has 0 aliphatic heterocycles. The Morgan fingerprint density at radius 1 is 0.955 bits per heavy atom. The van der Waals surface area contributed by atoms with E-state index in [2.05, 4.69) is 71.9 Å². The van der Waals surface area contributed by atoms with Crippen LogP contribution in [0.1, 0.15) is 20.8 Å². The van der Waals surface area contributed by atoms with Crippen molar-refractivity contribution >= 4 is 15.9 Å². The van der Waals surface area contributed by atoms with E-state index in [0.29, 0.717) is 0 Å². The SMILES string of the molecule is CC(C)(C)n1c[n+](-c2ccc(Br)cc2)c(-c2ccccc2)n1. The zero-order valence-corrected chi connectivity index (χ0v) is 14.6. The van der Waals surface area contributed by atoms with E-state index in [1.54, 1.807) is 0 Å². The maximum absolute atomic E-state index is 4.82. The molecule has 0 unspecified atom stereocenters. The van der Waals surface area contributed by atoms with Crippen LogP contribution in [-0.4, -0.2) is 9.78 Å². The van der Waals surface area contributed by atoms with Gasteiger partial charge in [0.05, 0.1) is 5.56 Å². The molecule has 0 atom stereocenters. The lowest BCUT2D eigenvalue weighted by Gasteiger charge is -2.10. The molecule has 3 nitrogen and oxygen atoms in total. The number of hydrogen-bond acceptors (Lipinski definition) is 1. The van der Waals surface area contributed by atoms with E-state index < -0.39 is 0 Å². The summed E-state index contributed by atoms with van der Waals surface area (Å²) >= 11 is 3.49. The van der Waals surface area contributed by atoms with Gasteiger partial charge in [0.1, 0.15) is 11.2 Å². The smallest absolute Gasteiger partial charge is 0.196 e. The van der Waals surface area contributed by atoms with Gasteiger partial charge in [-0.05, 0) is 57.2 Å². The first-order valence-corrected chi connectivity index (χ1v) is 8.07. The number of hydrogen-bond donors (Lipinski definition) is 0. The van der Waals surface area contributed by atoms with Crippen LogP contribution in [-0.2, 0) is 5.54 Å². The molecule has 0 aliphatic rings. The van der Waals surface area contributed by atoms with Gasteiger partial charge in [0.15, 0.2) is 0 Å². The molecule has 0 amide bonds. The average Bonchev–Trinajstić information content (AvgIpc) is 2.94. The van der Waals surface area contributed by atoms with Crippen molar-refractivity contribution in [3.05, 3.63) is 65.4 Å². The maximum Gasteiger partial charge on any atom is 0.313 e. The molecule has 0 radical (unpaired) electrons. The zero-order chi connectivity index (χ0) is 15.7. The van der Waals surface area contributed by atoms with Crippen molar-refractivity contribution in [3.63, 3.8) is 0 Å². The van der Waals surface area contributed by atoms with Gasteiger partial charge in [0.2, 0.25) is 6.33 Å². The molecule has 0 fully saturated rings. The number of rotatable bonds is 2. The fourth-order valence-corrected chi connectivity index (χ4v) is 2.50. The van der Waals surface area contributed by atoms with Crippen LogP contribution in [0.15, 0.2) is 65.4 Å². The van der Waals surface area contributed by atoms with Crippen LogP contribution in [0.2, 0.25) is 0 Å². The summed E-state index contributed by atoms with van der Waals surface area (Å²) in [5.74, 6) is 0.942. The summed E-state index contributed by atoms with van der Waals surface area (Å²) < 4.78 is 5.21. The molecule has 0 saturated carbocycles. The summed E-state index contributed by atoms with van der Waals surface area (Å²) in [6.07, 6.45) is 2.06. The predicted octanol–water partition coefficient (Wildman–Crippen LogP) is 4.34. The van der Waals surface area contributed by atoms with E-state index in [4.69, 9.17) is 5.10 Å². The third-order valence-corrected chi connectivity index (χ3v) is 4.01. The molecule has 2 aromatic carbocycles. The fraction of sp³-hybridized carbons (Fsp3) is 0.222. The number of halogens is 1. The largest absolute Gasteiger partial charge is 0.313 e. The topological polar surface area (TPSA) is 21.7 Å². The van der Waals surface area contributed by atoms with Crippen LogP contribution in [0.5, 0.6) is 0 Å². The third-order valence-electron chi connectivity index (χ3n) is 3.48. The minimum Gasteiger partial charge on any atom is -0.196 e. The molecule has 112 valence electrons. The second-order valence-electron chi connectivity index (χ2n) is 6.27. The van der Waals surface area contributed by atoms with Gasteiger partial charge in [-0.1, -0.05) is 34.1 Å². The lowest BCUT2D eigenvalue weighted by atomic mass is 10.1. The highest BCUT2D eigenvalue weighted by Gasteiger charge is 2.27. The van der Waals surface area contributed by atoms with Crippen molar-refractivity contribution in [2.24, 2.45) is 0 Å². The molecule has 0 N–H and O–H groups in total. The van der Waals surface area contributed by atoms with Crippen LogP contribution in [0.25, 0.3) is 17.1 Å². The standard InChI is InChI=1S/C18H19BrN3/c1-18(2,3)22-13-21(16-11-9-15(19)10-12-16)17(20-22)14-7-5-4-6-8-14/h4-13H,1-3H3/q+1. The predicted molar refractivity (Wildman–Crippen MR) is 91.9 cm³/mol. The lowest BCUT2D eigenvalue weighted by Crippen LogP contribution is -2.32. The molecule has 22 heavy (non-hydrogen) atoms. The van der Waals surface area contributed by atoms with E-state index in [9.17, 15) is 0 Å². The number of nitrogens with zero attached hydrogens (tertiary/aromatic N) is 3. The van der Waals surface area contributed by atoms with Crippen molar-refractivity contribution in [1.82, 2.24) is 9.78 Å². The summed E-state index contributed by atoms with van der Waals surface area (Å²) in [7, 11) is 0. The van der Waals surface area contributed by atoms with Crippen molar-refractivity contribution in [3.8, 4) is 17.1 Å². The first-order valence-electron chi connectivity index (χ1n) is 7.28. The molecule has 4 heteroatoms. The monoisotopic (exact) mass is 356 g/mol. The average molecular weight is 357 g/mol. The van der Waals surface area contributed by atoms with Crippen LogP contribution in [0.4, 0.5) is 0 Å². The molecule has 3 rings (SSSR count). The van der Waals surface area contributed by atoms with Gasteiger partial charge in [-0.3, -0.25) is 0 Å². The van der Waals surface area contributed by atoms with Crippen LogP contribution >= 0.6 is 15.9 Å². The molecule has 0 bridgehead atoms. The molecule has 0 spiro atoms. The van der Waals surface area contributed by atoms with Gasteiger partial charge in [-0.15, -0.1) is 4.68 Å². The number of aromatic nitrogens is 3. The minimum atomic E-state index is -0.0653. The highest BCUT2D eigenvalue weighted by Crippen LogP contribution is 2.19. The van der Waals surface area contributed by atoms with E-state index >= 15 is 0 Å². The van der Waals surface area contributed by atoms with Crippen LogP contribution in [0, 0.1) is 0 Å². The Bertz CT molecular complexity index is 768. The normalized spacial score (nSPS) is 11.6. The fourth-order valence-electron chi connectivity index (χ4n) is 2.24. The second-order valence-corrected chi connectivity index (χ2v) is 7.18. The lowest BCUT2D eigenvalue weighted by molar-refractivity contribution is -0.585. The highest BCUT2D eigenvalue weighted by atomic mass is 79.9. The van der Waals surface area contributed by atoms with E-state index in [-0.39, 0.29) is 5.54 Å². The first-order chi connectivity index (χ1) is 10.4. The Morgan fingerprint density at radius 3 is 2.18 bits per heavy atom. The molecule has 1 heterocycles. The highest BCUT2D eigenvalue weighted by molar-refractivity contribution is 9.10. The Hall–Kier alpha value is -1.94. The van der Waals surface area contributed by atoms with Crippen molar-refractivity contribution < 1.29 is 4.57 Å². The van der Waals surface area contributed by atoms with Gasteiger partial charge >= 0.3 is 5.82 Å². The Kier molecular flexibility index (Phi) is 3.87. The summed E-state index contributed by atoms with van der Waals surface area (Å²) in [5, 5.41) is 4.82. The summed E-state index contributed by atoms with van der Waals surface area (Å²) in [4.78, 5) is 0. The molecule has 1 aromatic heterocycles. The summed E-state index contributed by atoms with van der Waals surface area (Å²) in [6.45, 7) is 6.46. The van der Waals surface area contributed by atoms with Crippen molar-refractivity contribution in [1.29, 1.82) is 0 Å². The van der Waals surface area contributed by atoms with Crippen LogP contribution in [0.3, 0.4) is 0 Å². The molecule has 3 aromatic rings. The zero-order valence-electron chi connectivity index (χ0n) is 13.0. The van der Waals surface area contributed by atoms with E-state index in [1.165, 1.54) is 0 Å². The Labute approximate surface area is 139 Å². The van der Waals surface area contributed by atoms with Gasteiger partial charge < -0.3 is 0 Å². The number of benzene rings is 2. The van der Waals surface area contributed by atoms with E-state index in [1.807, 2.05) is 35.0 Å². The molecule has 0 aliphatic carbocycles. The van der Waals surface area contributed by atoms with Gasteiger partial charge in [-0.25, -0.2) is 0 Å².